The topological polar surface area (TPSA) is 66.5 Å². The molecule has 1 aliphatic rings. The van der Waals surface area contributed by atoms with Crippen LogP contribution in [0.1, 0.15) is 18.4 Å². The fraction of sp³-hybridized carbons (Fsp3) is 0.400. The predicted octanol–water partition coefficient (Wildman–Crippen LogP) is 1.35. The summed E-state index contributed by atoms with van der Waals surface area (Å²) in [5.41, 5.74) is 6.01. The minimum atomic E-state index is -0.617. The Hall–Kier alpha value is -0.770. The van der Waals surface area contributed by atoms with Gasteiger partial charge in [0.25, 0.3) is 0 Å². The third-order valence-electron chi connectivity index (χ3n) is 2.69. The normalized spacial score (nSPS) is 31.2. The number of phenols is 1. The standard InChI is InChI=1S/C10H12ClNO2/c11-6-1-2-9(14)8(3-6)10(12)4-7(13)5-10/h1-3,7,13-14H,4-5,12H2. The first-order chi connectivity index (χ1) is 6.51. The van der Waals surface area contributed by atoms with Crippen LogP contribution in [0.5, 0.6) is 5.75 Å². The molecule has 14 heavy (non-hydrogen) atoms. The minimum Gasteiger partial charge on any atom is -0.508 e. The van der Waals surface area contributed by atoms with Crippen LogP contribution >= 0.6 is 11.6 Å². The van der Waals surface area contributed by atoms with E-state index in [-0.39, 0.29) is 11.9 Å². The lowest BCUT2D eigenvalue weighted by molar-refractivity contribution is 0.0199. The summed E-state index contributed by atoms with van der Waals surface area (Å²) in [4.78, 5) is 0. The molecule has 0 heterocycles. The van der Waals surface area contributed by atoms with Gasteiger partial charge in [0.05, 0.1) is 6.10 Å². The van der Waals surface area contributed by atoms with Crippen molar-refractivity contribution in [2.24, 2.45) is 5.73 Å². The van der Waals surface area contributed by atoms with Gasteiger partial charge in [0.15, 0.2) is 0 Å². The highest BCUT2D eigenvalue weighted by Crippen LogP contribution is 2.43. The number of rotatable bonds is 1. The van der Waals surface area contributed by atoms with Gasteiger partial charge in [0.2, 0.25) is 0 Å². The van der Waals surface area contributed by atoms with E-state index in [0.29, 0.717) is 23.4 Å². The van der Waals surface area contributed by atoms with Crippen LogP contribution in [-0.4, -0.2) is 16.3 Å². The minimum absolute atomic E-state index is 0.142. The summed E-state index contributed by atoms with van der Waals surface area (Å²) >= 11 is 5.81. The van der Waals surface area contributed by atoms with Crippen molar-refractivity contribution in [3.05, 3.63) is 28.8 Å². The number of aliphatic hydroxyl groups is 1. The van der Waals surface area contributed by atoms with E-state index >= 15 is 0 Å². The quantitative estimate of drug-likeness (QED) is 0.660. The lowest BCUT2D eigenvalue weighted by atomic mass is 9.70. The Morgan fingerprint density at radius 1 is 1.43 bits per heavy atom. The van der Waals surface area contributed by atoms with E-state index in [1.165, 1.54) is 6.07 Å². The number of aromatic hydroxyl groups is 1. The van der Waals surface area contributed by atoms with Gasteiger partial charge in [0.1, 0.15) is 5.75 Å². The second-order valence-corrected chi connectivity index (χ2v) is 4.32. The third-order valence-corrected chi connectivity index (χ3v) is 2.93. The van der Waals surface area contributed by atoms with Crippen molar-refractivity contribution in [1.29, 1.82) is 0 Å². The summed E-state index contributed by atoms with van der Waals surface area (Å²) in [5, 5.41) is 19.4. The van der Waals surface area contributed by atoms with E-state index in [0.717, 1.165) is 0 Å². The summed E-state index contributed by atoms with van der Waals surface area (Å²) in [5.74, 6) is 0.142. The van der Waals surface area contributed by atoms with Crippen LogP contribution in [0.3, 0.4) is 0 Å². The molecule has 0 saturated heterocycles. The summed E-state index contributed by atoms with van der Waals surface area (Å²) in [6.07, 6.45) is 0.584. The Bertz CT molecular complexity index is 361. The highest BCUT2D eigenvalue weighted by molar-refractivity contribution is 6.30. The van der Waals surface area contributed by atoms with Crippen molar-refractivity contribution in [1.82, 2.24) is 0 Å². The number of hydrogen-bond donors (Lipinski definition) is 3. The molecule has 0 atom stereocenters. The highest BCUT2D eigenvalue weighted by atomic mass is 35.5. The summed E-state index contributed by atoms with van der Waals surface area (Å²) in [6.45, 7) is 0. The number of halogens is 1. The van der Waals surface area contributed by atoms with Crippen LogP contribution in [0.25, 0.3) is 0 Å². The van der Waals surface area contributed by atoms with Crippen LogP contribution in [0.15, 0.2) is 18.2 Å². The van der Waals surface area contributed by atoms with E-state index in [1.54, 1.807) is 12.1 Å². The van der Waals surface area contributed by atoms with Crippen molar-refractivity contribution < 1.29 is 10.2 Å². The van der Waals surface area contributed by atoms with Crippen LogP contribution < -0.4 is 5.73 Å². The van der Waals surface area contributed by atoms with Crippen molar-refractivity contribution in [2.75, 3.05) is 0 Å². The molecular formula is C10H12ClNO2. The molecule has 4 heteroatoms. The molecule has 4 N–H and O–H groups in total. The van der Waals surface area contributed by atoms with E-state index < -0.39 is 5.54 Å². The molecule has 0 amide bonds. The molecule has 1 fully saturated rings. The highest BCUT2D eigenvalue weighted by Gasteiger charge is 2.43. The Balaban J connectivity index is 2.36. The van der Waals surface area contributed by atoms with Crippen LogP contribution in [0.2, 0.25) is 5.02 Å². The lowest BCUT2D eigenvalue weighted by Gasteiger charge is -2.42. The smallest absolute Gasteiger partial charge is 0.120 e. The third kappa shape index (κ3) is 1.47. The van der Waals surface area contributed by atoms with Gasteiger partial charge in [-0.05, 0) is 31.0 Å². The molecule has 0 unspecified atom stereocenters. The molecule has 1 aromatic carbocycles. The molecule has 3 nitrogen and oxygen atoms in total. The molecule has 2 rings (SSSR count). The molecule has 76 valence electrons. The second-order valence-electron chi connectivity index (χ2n) is 3.88. The molecule has 0 spiro atoms. The second kappa shape index (κ2) is 3.12. The van der Waals surface area contributed by atoms with Gasteiger partial charge in [-0.1, -0.05) is 11.6 Å². The van der Waals surface area contributed by atoms with Crippen LogP contribution in [-0.2, 0) is 5.54 Å². The van der Waals surface area contributed by atoms with E-state index in [4.69, 9.17) is 17.3 Å². The summed E-state index contributed by atoms with van der Waals surface area (Å²) < 4.78 is 0. The van der Waals surface area contributed by atoms with Gasteiger partial charge in [-0.3, -0.25) is 0 Å². The first kappa shape index (κ1) is 9.77. The van der Waals surface area contributed by atoms with Gasteiger partial charge in [-0.15, -0.1) is 0 Å². The number of hydrogen-bond acceptors (Lipinski definition) is 3. The van der Waals surface area contributed by atoms with Gasteiger partial charge >= 0.3 is 0 Å². The maximum atomic E-state index is 9.60. The maximum absolute atomic E-state index is 9.60. The predicted molar refractivity (Wildman–Crippen MR) is 54.2 cm³/mol. The first-order valence-electron chi connectivity index (χ1n) is 4.47. The number of nitrogens with two attached hydrogens (primary N) is 1. The Morgan fingerprint density at radius 3 is 2.64 bits per heavy atom. The molecule has 1 aromatic rings. The van der Waals surface area contributed by atoms with E-state index in [1.807, 2.05) is 0 Å². The zero-order valence-electron chi connectivity index (χ0n) is 7.57. The average Bonchev–Trinajstić information content (AvgIpc) is 2.07. The summed E-state index contributed by atoms with van der Waals surface area (Å²) in [6, 6.07) is 4.79. The van der Waals surface area contributed by atoms with E-state index in [9.17, 15) is 10.2 Å². The molecular weight excluding hydrogens is 202 g/mol. The van der Waals surface area contributed by atoms with Gasteiger partial charge in [-0.2, -0.15) is 0 Å². The van der Waals surface area contributed by atoms with Gasteiger partial charge in [-0.25, -0.2) is 0 Å². The monoisotopic (exact) mass is 213 g/mol. The molecule has 1 saturated carbocycles. The SMILES string of the molecule is NC1(c2cc(Cl)ccc2O)CC(O)C1. The fourth-order valence-corrected chi connectivity index (χ4v) is 2.08. The zero-order chi connectivity index (χ0) is 10.3. The Labute approximate surface area is 87.1 Å². The van der Waals surface area contributed by atoms with Gasteiger partial charge in [0, 0.05) is 16.1 Å². The number of aliphatic hydroxyl groups excluding tert-OH is 1. The van der Waals surface area contributed by atoms with E-state index in [2.05, 4.69) is 0 Å². The van der Waals surface area contributed by atoms with Crippen LogP contribution in [0, 0.1) is 0 Å². The first-order valence-corrected chi connectivity index (χ1v) is 4.85. The molecule has 0 radical (unpaired) electrons. The zero-order valence-corrected chi connectivity index (χ0v) is 8.33. The molecule has 0 aromatic heterocycles. The van der Waals surface area contributed by atoms with Crippen molar-refractivity contribution in [3.8, 4) is 5.75 Å². The molecule has 1 aliphatic carbocycles. The lowest BCUT2D eigenvalue weighted by Crippen LogP contribution is -2.51. The largest absolute Gasteiger partial charge is 0.508 e. The molecule has 0 bridgehead atoms. The maximum Gasteiger partial charge on any atom is 0.120 e. The number of phenolic OH excluding ortho intramolecular Hbond substituents is 1. The van der Waals surface area contributed by atoms with Crippen molar-refractivity contribution in [3.63, 3.8) is 0 Å². The Kier molecular flexibility index (Phi) is 2.18. The Morgan fingerprint density at radius 2 is 2.07 bits per heavy atom. The fourth-order valence-electron chi connectivity index (χ4n) is 1.91. The van der Waals surface area contributed by atoms with Crippen molar-refractivity contribution >= 4 is 11.6 Å². The van der Waals surface area contributed by atoms with Crippen LogP contribution in [0.4, 0.5) is 0 Å². The number of benzene rings is 1. The average molecular weight is 214 g/mol. The van der Waals surface area contributed by atoms with Gasteiger partial charge < -0.3 is 15.9 Å². The molecule has 0 aliphatic heterocycles. The summed E-state index contributed by atoms with van der Waals surface area (Å²) in [7, 11) is 0. The van der Waals surface area contributed by atoms with Crippen molar-refractivity contribution in [2.45, 2.75) is 24.5 Å².